The number of aliphatic hydroxyl groups excluding tert-OH is 2. The van der Waals surface area contributed by atoms with Crippen LogP contribution in [0.15, 0.2) is 17.3 Å². The van der Waals surface area contributed by atoms with Crippen molar-refractivity contribution in [2.75, 3.05) is 13.2 Å². The van der Waals surface area contributed by atoms with Gasteiger partial charge < -0.3 is 14.9 Å². The number of nitrogens with zero attached hydrogens (tertiary/aromatic N) is 3. The van der Waals surface area contributed by atoms with Crippen molar-refractivity contribution in [2.24, 2.45) is 0 Å². The van der Waals surface area contributed by atoms with E-state index in [1.54, 1.807) is 6.20 Å². The molecule has 0 aliphatic rings. The average molecular weight is 240 g/mol. The van der Waals surface area contributed by atoms with Crippen LogP contribution in [0.4, 0.5) is 0 Å². The first kappa shape index (κ1) is 11.7. The number of hydrogen-bond acceptors (Lipinski definition) is 6. The summed E-state index contributed by atoms with van der Waals surface area (Å²) in [5.74, 6) is 0. The third kappa shape index (κ3) is 2.33. The molecule has 0 fully saturated rings. The van der Waals surface area contributed by atoms with Crippen molar-refractivity contribution < 1.29 is 14.9 Å². The molecular weight excluding hydrogens is 228 g/mol. The fourth-order valence-corrected chi connectivity index (χ4v) is 1.37. The molecule has 2 aromatic rings. The van der Waals surface area contributed by atoms with Crippen molar-refractivity contribution in [3.8, 4) is 0 Å². The molecule has 0 amide bonds. The number of nitrogens with one attached hydrogen (secondary N) is 1. The second kappa shape index (κ2) is 5.04. The Morgan fingerprint density at radius 1 is 1.41 bits per heavy atom. The molecule has 2 aromatic heterocycles. The van der Waals surface area contributed by atoms with Crippen molar-refractivity contribution in [2.45, 2.75) is 12.7 Å². The van der Waals surface area contributed by atoms with E-state index in [2.05, 4.69) is 15.1 Å². The predicted molar refractivity (Wildman–Crippen MR) is 56.4 cm³/mol. The van der Waals surface area contributed by atoms with E-state index in [1.807, 2.05) is 0 Å². The molecule has 2 heterocycles. The van der Waals surface area contributed by atoms with Crippen LogP contribution in [-0.2, 0) is 11.3 Å². The van der Waals surface area contributed by atoms with Crippen molar-refractivity contribution >= 4 is 5.65 Å². The van der Waals surface area contributed by atoms with E-state index < -0.39 is 11.8 Å². The molecule has 0 spiro atoms. The van der Waals surface area contributed by atoms with Gasteiger partial charge in [0.15, 0.2) is 5.65 Å². The minimum Gasteiger partial charge on any atom is -0.394 e. The van der Waals surface area contributed by atoms with Gasteiger partial charge in [0, 0.05) is 11.8 Å². The van der Waals surface area contributed by atoms with Crippen molar-refractivity contribution in [3.05, 3.63) is 28.6 Å². The number of H-pyrrole nitrogens is 1. The number of fused-ring (bicyclic) bond motifs is 1. The Bertz CT molecular complexity index is 545. The molecule has 8 heteroatoms. The number of aromatic nitrogens is 4. The Balaban J connectivity index is 2.20. The zero-order valence-corrected chi connectivity index (χ0v) is 8.91. The first-order chi connectivity index (χ1) is 8.26. The summed E-state index contributed by atoms with van der Waals surface area (Å²) < 4.78 is 6.42. The van der Waals surface area contributed by atoms with E-state index in [1.165, 1.54) is 10.8 Å². The van der Waals surface area contributed by atoms with Crippen LogP contribution in [0.1, 0.15) is 5.56 Å². The molecule has 0 bridgehead atoms. The Labute approximate surface area is 95.5 Å². The average Bonchev–Trinajstić information content (AvgIpc) is 2.75. The van der Waals surface area contributed by atoms with Gasteiger partial charge in [-0.25, -0.2) is 9.78 Å². The Hall–Kier alpha value is -1.77. The van der Waals surface area contributed by atoms with Crippen LogP contribution < -0.4 is 5.69 Å². The molecule has 0 saturated heterocycles. The number of rotatable bonds is 5. The van der Waals surface area contributed by atoms with E-state index in [9.17, 15) is 4.79 Å². The van der Waals surface area contributed by atoms with Crippen LogP contribution in [0.3, 0.4) is 0 Å². The van der Waals surface area contributed by atoms with Crippen LogP contribution in [0.2, 0.25) is 0 Å². The number of aliphatic hydroxyl groups is 2. The largest absolute Gasteiger partial charge is 0.394 e. The van der Waals surface area contributed by atoms with Gasteiger partial charge in [0.25, 0.3) is 0 Å². The molecule has 0 atom stereocenters. The highest BCUT2D eigenvalue weighted by Crippen LogP contribution is 2.07. The first-order valence-electron chi connectivity index (χ1n) is 4.99. The van der Waals surface area contributed by atoms with Crippen LogP contribution >= 0.6 is 0 Å². The van der Waals surface area contributed by atoms with Gasteiger partial charge in [-0.2, -0.15) is 9.50 Å². The lowest BCUT2D eigenvalue weighted by Crippen LogP contribution is -2.22. The molecule has 0 radical (unpaired) electrons. The van der Waals surface area contributed by atoms with Gasteiger partial charge in [-0.05, 0) is 0 Å². The predicted octanol–water partition coefficient (Wildman–Crippen LogP) is -1.71. The maximum absolute atomic E-state index is 11.3. The van der Waals surface area contributed by atoms with E-state index >= 15 is 0 Å². The lowest BCUT2D eigenvalue weighted by Gasteiger charge is -2.11. The summed E-state index contributed by atoms with van der Waals surface area (Å²) in [6.45, 7) is -0.406. The third-order valence-corrected chi connectivity index (χ3v) is 2.29. The highest BCUT2D eigenvalue weighted by Gasteiger charge is 2.10. The zero-order chi connectivity index (χ0) is 12.3. The number of aromatic amines is 1. The normalized spacial score (nSPS) is 11.5. The van der Waals surface area contributed by atoms with Gasteiger partial charge in [0.1, 0.15) is 12.4 Å². The van der Waals surface area contributed by atoms with Gasteiger partial charge in [0.05, 0.1) is 19.8 Å². The molecule has 8 nitrogen and oxygen atoms in total. The molecule has 0 saturated carbocycles. The third-order valence-electron chi connectivity index (χ3n) is 2.29. The molecule has 0 aromatic carbocycles. The molecule has 0 aliphatic heterocycles. The highest BCUT2D eigenvalue weighted by atomic mass is 16.5. The summed E-state index contributed by atoms with van der Waals surface area (Å²) in [6.07, 6.45) is 2.10. The SMILES string of the molecule is O=c1ncnc2c(COC(CO)CO)c[nH]n12. The van der Waals surface area contributed by atoms with E-state index in [0.29, 0.717) is 11.2 Å². The van der Waals surface area contributed by atoms with Gasteiger partial charge >= 0.3 is 5.69 Å². The number of ether oxygens (including phenoxy) is 1. The quantitative estimate of drug-likeness (QED) is 0.573. The summed E-state index contributed by atoms with van der Waals surface area (Å²) in [5, 5.41) is 20.4. The molecule has 0 unspecified atom stereocenters. The molecule has 2 rings (SSSR count). The molecular formula is C9H12N4O4. The number of hydrogen-bond donors (Lipinski definition) is 3. The van der Waals surface area contributed by atoms with Crippen LogP contribution in [-0.4, -0.2) is 49.1 Å². The monoisotopic (exact) mass is 240 g/mol. The second-order valence-corrected chi connectivity index (χ2v) is 3.41. The van der Waals surface area contributed by atoms with Crippen molar-refractivity contribution in [3.63, 3.8) is 0 Å². The molecule has 17 heavy (non-hydrogen) atoms. The molecule has 3 N–H and O–H groups in total. The highest BCUT2D eigenvalue weighted by molar-refractivity contribution is 5.44. The topological polar surface area (TPSA) is 113 Å². The van der Waals surface area contributed by atoms with Crippen LogP contribution in [0, 0.1) is 0 Å². The summed E-state index contributed by atoms with van der Waals surface area (Å²) in [7, 11) is 0. The summed E-state index contributed by atoms with van der Waals surface area (Å²) in [6, 6.07) is 0. The molecule has 92 valence electrons. The van der Waals surface area contributed by atoms with E-state index in [4.69, 9.17) is 14.9 Å². The minimum absolute atomic E-state index is 0.134. The lowest BCUT2D eigenvalue weighted by atomic mass is 10.3. The van der Waals surface area contributed by atoms with E-state index in [0.717, 1.165) is 0 Å². The maximum Gasteiger partial charge on any atom is 0.369 e. The van der Waals surface area contributed by atoms with Gasteiger partial charge in [0.2, 0.25) is 0 Å². The van der Waals surface area contributed by atoms with Crippen LogP contribution in [0.25, 0.3) is 5.65 Å². The second-order valence-electron chi connectivity index (χ2n) is 3.41. The Kier molecular flexibility index (Phi) is 3.47. The Morgan fingerprint density at radius 2 is 2.18 bits per heavy atom. The fourth-order valence-electron chi connectivity index (χ4n) is 1.37. The van der Waals surface area contributed by atoms with Gasteiger partial charge in [-0.15, -0.1) is 0 Å². The van der Waals surface area contributed by atoms with Gasteiger partial charge in [-0.1, -0.05) is 0 Å². The lowest BCUT2D eigenvalue weighted by molar-refractivity contribution is -0.0281. The minimum atomic E-state index is -0.640. The van der Waals surface area contributed by atoms with Gasteiger partial charge in [-0.3, -0.25) is 5.10 Å². The summed E-state index contributed by atoms with van der Waals surface area (Å²) >= 11 is 0. The summed E-state index contributed by atoms with van der Waals surface area (Å²) in [5.41, 5.74) is 0.609. The fraction of sp³-hybridized carbons (Fsp3) is 0.444. The smallest absolute Gasteiger partial charge is 0.369 e. The van der Waals surface area contributed by atoms with Crippen LogP contribution in [0.5, 0.6) is 0 Å². The summed E-state index contributed by atoms with van der Waals surface area (Å²) in [4.78, 5) is 18.7. The first-order valence-corrected chi connectivity index (χ1v) is 4.99. The maximum atomic E-state index is 11.3. The van der Waals surface area contributed by atoms with Crippen molar-refractivity contribution in [1.82, 2.24) is 19.6 Å². The Morgan fingerprint density at radius 3 is 2.88 bits per heavy atom. The molecule has 0 aliphatic carbocycles. The zero-order valence-electron chi connectivity index (χ0n) is 8.91. The van der Waals surface area contributed by atoms with E-state index in [-0.39, 0.29) is 19.8 Å². The van der Waals surface area contributed by atoms with Crippen molar-refractivity contribution in [1.29, 1.82) is 0 Å². The standard InChI is InChI=1S/C9H12N4O4/c14-2-7(3-15)17-4-6-1-12-13-8(6)10-5-11-9(13)16/h1,5,7,12,14-15H,2-4H2.